The van der Waals surface area contributed by atoms with Gasteiger partial charge in [0.2, 0.25) is 0 Å². The molecule has 0 aliphatic heterocycles. The van der Waals surface area contributed by atoms with Crippen LogP contribution in [0.4, 0.5) is 4.39 Å². The van der Waals surface area contributed by atoms with Gasteiger partial charge in [-0.2, -0.15) is 0 Å². The van der Waals surface area contributed by atoms with Crippen LogP contribution in [0.15, 0.2) is 47.0 Å². The molecule has 0 bridgehead atoms. The Morgan fingerprint density at radius 3 is 2.74 bits per heavy atom. The van der Waals surface area contributed by atoms with Gasteiger partial charge in [0.05, 0.1) is 12.0 Å². The van der Waals surface area contributed by atoms with Crippen LogP contribution in [-0.4, -0.2) is 28.8 Å². The van der Waals surface area contributed by atoms with Gasteiger partial charge in [0.25, 0.3) is 5.91 Å². The minimum atomic E-state index is -0.337. The van der Waals surface area contributed by atoms with Crippen LogP contribution in [0.2, 0.25) is 0 Å². The van der Waals surface area contributed by atoms with Gasteiger partial charge in [-0.15, -0.1) is 0 Å². The maximum atomic E-state index is 13.0. The Bertz CT molecular complexity index is 843. The van der Waals surface area contributed by atoms with Crippen LogP contribution in [0.1, 0.15) is 17.3 Å². The second-order valence-electron chi connectivity index (χ2n) is 5.31. The number of hydrogen-bond acceptors (Lipinski definition) is 4. The van der Waals surface area contributed by atoms with Gasteiger partial charge in [0.1, 0.15) is 11.3 Å². The maximum absolute atomic E-state index is 13.0. The average molecular weight is 314 g/mol. The monoisotopic (exact) mass is 314 g/mol. The molecule has 0 spiro atoms. The lowest BCUT2D eigenvalue weighted by atomic mass is 10.1. The molecule has 5 nitrogen and oxygen atoms in total. The Hall–Kier alpha value is -2.73. The molecular formula is C17H15FN2O3. The van der Waals surface area contributed by atoms with Gasteiger partial charge in [-0.3, -0.25) is 4.79 Å². The largest absolute Gasteiger partial charge is 0.394 e. The second kappa shape index (κ2) is 6.18. The lowest BCUT2D eigenvalue weighted by Crippen LogP contribution is -2.34. The minimum absolute atomic E-state index is 0.137. The number of nitrogens with zero attached hydrogens (tertiary/aromatic N) is 1. The summed E-state index contributed by atoms with van der Waals surface area (Å²) in [7, 11) is 0. The van der Waals surface area contributed by atoms with E-state index >= 15 is 0 Å². The Balaban J connectivity index is 2.00. The fraction of sp³-hybridized carbons (Fsp3) is 0.176. The molecule has 1 atom stereocenters. The number of nitrogens with one attached hydrogen (secondary N) is 1. The number of carbonyl (C=O) groups excluding carboxylic acids is 1. The summed E-state index contributed by atoms with van der Waals surface area (Å²) < 4.78 is 18.4. The highest BCUT2D eigenvalue weighted by atomic mass is 19.1. The van der Waals surface area contributed by atoms with Crippen LogP contribution in [0.25, 0.3) is 22.2 Å². The molecule has 0 saturated carbocycles. The lowest BCUT2D eigenvalue weighted by Gasteiger charge is -2.10. The van der Waals surface area contributed by atoms with Crippen molar-refractivity contribution >= 4 is 16.8 Å². The molecule has 23 heavy (non-hydrogen) atoms. The van der Waals surface area contributed by atoms with E-state index in [9.17, 15) is 9.18 Å². The van der Waals surface area contributed by atoms with Crippen molar-refractivity contribution in [2.24, 2.45) is 0 Å². The Kier molecular flexibility index (Phi) is 4.08. The number of amides is 1. The van der Waals surface area contributed by atoms with Crippen molar-refractivity contribution in [1.29, 1.82) is 0 Å². The molecule has 6 heteroatoms. The Morgan fingerprint density at radius 1 is 1.30 bits per heavy atom. The van der Waals surface area contributed by atoms with E-state index in [2.05, 4.69) is 10.5 Å². The summed E-state index contributed by atoms with van der Waals surface area (Å²) in [4.78, 5) is 12.1. The van der Waals surface area contributed by atoms with Gasteiger partial charge in [0.15, 0.2) is 5.76 Å². The number of rotatable bonds is 4. The number of aliphatic hydroxyl groups excluding tert-OH is 1. The molecule has 2 N–H and O–H groups in total. The fourth-order valence-corrected chi connectivity index (χ4v) is 2.24. The molecule has 2 aromatic carbocycles. The van der Waals surface area contributed by atoms with Gasteiger partial charge < -0.3 is 14.9 Å². The van der Waals surface area contributed by atoms with Gasteiger partial charge >= 0.3 is 0 Å². The summed E-state index contributed by atoms with van der Waals surface area (Å²) in [5.74, 6) is -0.153. The van der Waals surface area contributed by atoms with Crippen LogP contribution >= 0.6 is 0 Å². The molecular weight excluding hydrogens is 299 g/mol. The SMILES string of the molecule is C[C@@H](CO)NC(=O)c1ccc2noc(-c3ccc(F)cc3)c2c1. The van der Waals surface area contributed by atoms with E-state index in [1.165, 1.54) is 12.1 Å². The van der Waals surface area contributed by atoms with E-state index < -0.39 is 0 Å². The molecule has 0 aliphatic carbocycles. The van der Waals surface area contributed by atoms with Crippen molar-refractivity contribution in [3.8, 4) is 11.3 Å². The highest BCUT2D eigenvalue weighted by Gasteiger charge is 2.15. The van der Waals surface area contributed by atoms with E-state index in [0.29, 0.717) is 27.8 Å². The van der Waals surface area contributed by atoms with Crippen molar-refractivity contribution in [3.05, 3.63) is 53.8 Å². The molecule has 0 fully saturated rings. The van der Waals surface area contributed by atoms with Gasteiger partial charge in [-0.25, -0.2) is 4.39 Å². The van der Waals surface area contributed by atoms with E-state index in [-0.39, 0.29) is 24.4 Å². The summed E-state index contributed by atoms with van der Waals surface area (Å²) in [5, 5.41) is 16.3. The van der Waals surface area contributed by atoms with Crippen LogP contribution in [0.3, 0.4) is 0 Å². The fourth-order valence-electron chi connectivity index (χ4n) is 2.24. The first-order chi connectivity index (χ1) is 11.1. The van der Waals surface area contributed by atoms with E-state index in [0.717, 1.165) is 0 Å². The maximum Gasteiger partial charge on any atom is 0.251 e. The van der Waals surface area contributed by atoms with Crippen LogP contribution in [-0.2, 0) is 0 Å². The third-order valence-corrected chi connectivity index (χ3v) is 3.50. The number of fused-ring (bicyclic) bond motifs is 1. The lowest BCUT2D eigenvalue weighted by molar-refractivity contribution is 0.0922. The van der Waals surface area contributed by atoms with Crippen LogP contribution < -0.4 is 5.32 Å². The van der Waals surface area contributed by atoms with E-state index in [4.69, 9.17) is 9.63 Å². The molecule has 0 radical (unpaired) electrons. The Labute approximate surface area is 131 Å². The average Bonchev–Trinajstić information content (AvgIpc) is 2.98. The zero-order chi connectivity index (χ0) is 16.4. The predicted molar refractivity (Wildman–Crippen MR) is 83.4 cm³/mol. The van der Waals surface area contributed by atoms with Crippen molar-refractivity contribution in [1.82, 2.24) is 10.5 Å². The first-order valence-corrected chi connectivity index (χ1v) is 7.15. The van der Waals surface area contributed by atoms with Gasteiger partial charge in [-0.1, -0.05) is 5.16 Å². The number of aliphatic hydroxyl groups is 1. The third-order valence-electron chi connectivity index (χ3n) is 3.50. The third kappa shape index (κ3) is 3.07. The summed E-state index contributed by atoms with van der Waals surface area (Å²) >= 11 is 0. The number of hydrogen-bond donors (Lipinski definition) is 2. The number of aromatic nitrogens is 1. The molecule has 118 valence electrons. The first kappa shape index (κ1) is 15.2. The molecule has 0 aliphatic rings. The first-order valence-electron chi connectivity index (χ1n) is 7.15. The summed E-state index contributed by atoms with van der Waals surface area (Å²) in [6.45, 7) is 1.57. The minimum Gasteiger partial charge on any atom is -0.394 e. The molecule has 1 aromatic heterocycles. The zero-order valence-electron chi connectivity index (χ0n) is 12.4. The van der Waals surface area contributed by atoms with Crippen LogP contribution in [0, 0.1) is 5.82 Å². The highest BCUT2D eigenvalue weighted by molar-refractivity contribution is 6.01. The second-order valence-corrected chi connectivity index (χ2v) is 5.31. The predicted octanol–water partition coefficient (Wildman–Crippen LogP) is 2.74. The molecule has 1 heterocycles. The molecule has 1 amide bonds. The van der Waals surface area contributed by atoms with E-state index in [1.807, 2.05) is 0 Å². The smallest absolute Gasteiger partial charge is 0.251 e. The van der Waals surface area contributed by atoms with Crippen molar-refractivity contribution in [3.63, 3.8) is 0 Å². The van der Waals surface area contributed by atoms with Crippen molar-refractivity contribution in [2.45, 2.75) is 13.0 Å². The topological polar surface area (TPSA) is 75.4 Å². The quantitative estimate of drug-likeness (QED) is 0.776. The molecule has 3 rings (SSSR count). The van der Waals surface area contributed by atoms with E-state index in [1.54, 1.807) is 37.3 Å². The van der Waals surface area contributed by atoms with Crippen molar-refractivity contribution < 1.29 is 18.8 Å². The Morgan fingerprint density at radius 2 is 2.04 bits per heavy atom. The number of benzene rings is 2. The molecule has 0 unspecified atom stereocenters. The number of carbonyl (C=O) groups is 1. The standard InChI is InChI=1S/C17H15FN2O3/c1-10(9-21)19-17(22)12-4-7-15-14(8-12)16(23-20-15)11-2-5-13(18)6-3-11/h2-8,10,21H,9H2,1H3,(H,19,22)/t10-/m0/s1. The number of halogens is 1. The highest BCUT2D eigenvalue weighted by Crippen LogP contribution is 2.29. The summed E-state index contributed by atoms with van der Waals surface area (Å²) in [5.41, 5.74) is 1.72. The normalized spacial score (nSPS) is 12.3. The van der Waals surface area contributed by atoms with Crippen LogP contribution in [0.5, 0.6) is 0 Å². The summed E-state index contributed by atoms with van der Waals surface area (Å²) in [6, 6.07) is 10.5. The van der Waals surface area contributed by atoms with Gasteiger partial charge in [-0.05, 0) is 49.4 Å². The summed E-state index contributed by atoms with van der Waals surface area (Å²) in [6.07, 6.45) is 0. The molecule has 3 aromatic rings. The molecule has 0 saturated heterocycles. The van der Waals surface area contributed by atoms with Gasteiger partial charge in [0, 0.05) is 17.2 Å². The zero-order valence-corrected chi connectivity index (χ0v) is 12.4. The van der Waals surface area contributed by atoms with Crippen molar-refractivity contribution in [2.75, 3.05) is 6.61 Å².